The molecule has 0 unspecified atom stereocenters. The molecule has 0 radical (unpaired) electrons. The van der Waals surface area contributed by atoms with E-state index in [0.717, 1.165) is 10.2 Å². The number of anilines is 2. The Morgan fingerprint density at radius 1 is 1.00 bits per heavy atom. The molecule has 0 bridgehead atoms. The van der Waals surface area contributed by atoms with E-state index in [1.807, 2.05) is 0 Å². The molecule has 1 heterocycles. The number of methoxy groups -OCH3 is 1. The SMILES string of the molecule is COC(=O)c1ccc(NC(=O)CSc2nc3ccc(NC(=O)c4ccccc4F)cc3s2)cc1. The van der Waals surface area contributed by atoms with E-state index in [2.05, 4.69) is 20.4 Å². The summed E-state index contributed by atoms with van der Waals surface area (Å²) in [6, 6.07) is 17.4. The highest BCUT2D eigenvalue weighted by atomic mass is 32.2. The number of carbonyl (C=O) groups excluding carboxylic acids is 3. The molecule has 0 aliphatic heterocycles. The van der Waals surface area contributed by atoms with Gasteiger partial charge in [0.1, 0.15) is 5.82 Å². The molecule has 4 rings (SSSR count). The fourth-order valence-corrected chi connectivity index (χ4v) is 4.93. The van der Waals surface area contributed by atoms with Gasteiger partial charge in [0.2, 0.25) is 5.91 Å². The van der Waals surface area contributed by atoms with Crippen LogP contribution >= 0.6 is 23.1 Å². The largest absolute Gasteiger partial charge is 0.465 e. The van der Waals surface area contributed by atoms with E-state index in [4.69, 9.17) is 0 Å². The fraction of sp³-hybridized carbons (Fsp3) is 0.0833. The highest BCUT2D eigenvalue weighted by molar-refractivity contribution is 8.01. The third kappa shape index (κ3) is 5.59. The summed E-state index contributed by atoms with van der Waals surface area (Å²) in [5, 5.41) is 5.46. The maximum absolute atomic E-state index is 13.8. The number of nitrogens with zero attached hydrogens (tertiary/aromatic N) is 1. The van der Waals surface area contributed by atoms with Gasteiger partial charge in [-0.3, -0.25) is 9.59 Å². The summed E-state index contributed by atoms with van der Waals surface area (Å²) in [6.07, 6.45) is 0. The lowest BCUT2D eigenvalue weighted by Crippen LogP contribution is -2.14. The number of thioether (sulfide) groups is 1. The second-order valence-electron chi connectivity index (χ2n) is 7.00. The third-order valence-electron chi connectivity index (χ3n) is 4.66. The molecule has 2 N–H and O–H groups in total. The van der Waals surface area contributed by atoms with Crippen molar-refractivity contribution in [1.29, 1.82) is 0 Å². The summed E-state index contributed by atoms with van der Waals surface area (Å²) in [5.74, 6) is -1.63. The standard InChI is InChI=1S/C24H18FN3O4S2/c1-32-23(31)14-6-8-15(9-7-14)26-21(29)13-33-24-28-19-11-10-16(12-20(19)34-24)27-22(30)17-4-2-3-5-18(17)25/h2-12H,13H2,1H3,(H,26,29)(H,27,30). The van der Waals surface area contributed by atoms with Crippen LogP contribution in [0.3, 0.4) is 0 Å². The van der Waals surface area contributed by atoms with Crippen LogP contribution in [0.2, 0.25) is 0 Å². The van der Waals surface area contributed by atoms with Crippen molar-refractivity contribution in [3.8, 4) is 0 Å². The van der Waals surface area contributed by atoms with Crippen LogP contribution in [0.5, 0.6) is 0 Å². The molecule has 0 aliphatic carbocycles. The zero-order valence-corrected chi connectivity index (χ0v) is 19.5. The number of thiazole rings is 1. The maximum Gasteiger partial charge on any atom is 0.337 e. The van der Waals surface area contributed by atoms with Crippen molar-refractivity contribution in [2.24, 2.45) is 0 Å². The number of nitrogens with one attached hydrogen (secondary N) is 2. The van der Waals surface area contributed by atoms with Gasteiger partial charge in [0.05, 0.1) is 34.2 Å². The van der Waals surface area contributed by atoms with Crippen molar-refractivity contribution in [3.63, 3.8) is 0 Å². The van der Waals surface area contributed by atoms with E-state index in [-0.39, 0.29) is 17.2 Å². The van der Waals surface area contributed by atoms with E-state index < -0.39 is 17.7 Å². The Morgan fingerprint density at radius 2 is 1.74 bits per heavy atom. The molecule has 7 nitrogen and oxygen atoms in total. The van der Waals surface area contributed by atoms with Crippen LogP contribution in [0.4, 0.5) is 15.8 Å². The molecule has 0 spiro atoms. The van der Waals surface area contributed by atoms with Crippen LogP contribution < -0.4 is 10.6 Å². The van der Waals surface area contributed by atoms with Crippen molar-refractivity contribution in [3.05, 3.63) is 83.7 Å². The number of ether oxygens (including phenoxy) is 1. The molecule has 0 fully saturated rings. The minimum Gasteiger partial charge on any atom is -0.465 e. The molecular weight excluding hydrogens is 477 g/mol. The number of hydrogen-bond acceptors (Lipinski definition) is 7. The summed E-state index contributed by atoms with van der Waals surface area (Å²) in [5.41, 5.74) is 2.19. The highest BCUT2D eigenvalue weighted by Crippen LogP contribution is 2.31. The van der Waals surface area contributed by atoms with Gasteiger partial charge in [0.25, 0.3) is 5.91 Å². The number of fused-ring (bicyclic) bond motifs is 1. The van der Waals surface area contributed by atoms with Crippen LogP contribution in [-0.4, -0.2) is 35.6 Å². The van der Waals surface area contributed by atoms with Gasteiger partial charge in [0.15, 0.2) is 4.34 Å². The molecule has 34 heavy (non-hydrogen) atoms. The topological polar surface area (TPSA) is 97.4 Å². The van der Waals surface area contributed by atoms with Crippen molar-refractivity contribution in [2.45, 2.75) is 4.34 Å². The smallest absolute Gasteiger partial charge is 0.337 e. The number of halogens is 1. The van der Waals surface area contributed by atoms with Gasteiger partial charge in [-0.1, -0.05) is 23.9 Å². The molecule has 10 heteroatoms. The molecule has 0 saturated carbocycles. The first kappa shape index (κ1) is 23.4. The molecule has 0 saturated heterocycles. The Labute approximate surface area is 202 Å². The first-order chi connectivity index (χ1) is 16.4. The summed E-state index contributed by atoms with van der Waals surface area (Å²) in [4.78, 5) is 40.6. The highest BCUT2D eigenvalue weighted by Gasteiger charge is 2.13. The van der Waals surface area contributed by atoms with Crippen LogP contribution in [-0.2, 0) is 9.53 Å². The number of aromatic nitrogens is 1. The lowest BCUT2D eigenvalue weighted by molar-refractivity contribution is -0.113. The minimum absolute atomic E-state index is 0.0332. The summed E-state index contributed by atoms with van der Waals surface area (Å²) >= 11 is 2.68. The van der Waals surface area contributed by atoms with E-state index in [0.29, 0.717) is 21.3 Å². The van der Waals surface area contributed by atoms with E-state index in [1.54, 1.807) is 48.5 Å². The Morgan fingerprint density at radius 3 is 2.47 bits per heavy atom. The van der Waals surface area contributed by atoms with Gasteiger partial charge in [0, 0.05) is 11.4 Å². The zero-order chi connectivity index (χ0) is 24.1. The van der Waals surface area contributed by atoms with E-state index >= 15 is 0 Å². The number of benzene rings is 3. The van der Waals surface area contributed by atoms with E-state index in [9.17, 15) is 18.8 Å². The van der Waals surface area contributed by atoms with Crippen LogP contribution in [0.25, 0.3) is 10.2 Å². The van der Waals surface area contributed by atoms with Gasteiger partial charge in [-0.15, -0.1) is 11.3 Å². The predicted molar refractivity (Wildman–Crippen MR) is 131 cm³/mol. The summed E-state index contributed by atoms with van der Waals surface area (Å²) in [6.45, 7) is 0. The monoisotopic (exact) mass is 495 g/mol. The van der Waals surface area contributed by atoms with Gasteiger partial charge >= 0.3 is 5.97 Å². The Hall–Kier alpha value is -3.76. The third-order valence-corrected chi connectivity index (χ3v) is 6.82. The van der Waals surface area contributed by atoms with Crippen LogP contribution in [0.15, 0.2) is 71.1 Å². The molecule has 1 aromatic heterocycles. The molecule has 0 atom stereocenters. The summed E-state index contributed by atoms with van der Waals surface area (Å²) in [7, 11) is 1.31. The number of esters is 1. The van der Waals surface area contributed by atoms with Gasteiger partial charge in [-0.05, 0) is 54.6 Å². The average Bonchev–Trinajstić information content (AvgIpc) is 3.25. The number of carbonyl (C=O) groups is 3. The maximum atomic E-state index is 13.8. The van der Waals surface area contributed by atoms with Crippen molar-refractivity contribution < 1.29 is 23.5 Å². The minimum atomic E-state index is -0.588. The second kappa shape index (κ2) is 10.4. The van der Waals surface area contributed by atoms with Crippen molar-refractivity contribution in [2.75, 3.05) is 23.5 Å². The number of hydrogen-bond donors (Lipinski definition) is 2. The van der Waals surface area contributed by atoms with Gasteiger partial charge < -0.3 is 15.4 Å². The van der Waals surface area contributed by atoms with Gasteiger partial charge in [-0.2, -0.15) is 0 Å². The molecule has 0 aliphatic rings. The van der Waals surface area contributed by atoms with Crippen molar-refractivity contribution in [1.82, 2.24) is 4.98 Å². The first-order valence-corrected chi connectivity index (χ1v) is 11.8. The quantitative estimate of drug-likeness (QED) is 0.270. The number of rotatable bonds is 7. The predicted octanol–water partition coefficient (Wildman–Crippen LogP) is 5.21. The molecule has 4 aromatic rings. The zero-order valence-electron chi connectivity index (χ0n) is 17.8. The second-order valence-corrected chi connectivity index (χ2v) is 9.26. The first-order valence-electron chi connectivity index (χ1n) is 10.0. The van der Waals surface area contributed by atoms with E-state index in [1.165, 1.54) is 48.4 Å². The van der Waals surface area contributed by atoms with Crippen molar-refractivity contribution >= 4 is 62.5 Å². The average molecular weight is 496 g/mol. The van der Waals surface area contributed by atoms with Gasteiger partial charge in [-0.25, -0.2) is 14.2 Å². The molecule has 3 aromatic carbocycles. The Bertz CT molecular complexity index is 1370. The lowest BCUT2D eigenvalue weighted by Gasteiger charge is -2.05. The summed E-state index contributed by atoms with van der Waals surface area (Å²) < 4.78 is 20.0. The molecule has 2 amide bonds. The number of amides is 2. The molecule has 172 valence electrons. The lowest BCUT2D eigenvalue weighted by atomic mass is 10.2. The van der Waals surface area contributed by atoms with Crippen LogP contribution in [0, 0.1) is 5.82 Å². The molecular formula is C24H18FN3O4S2. The van der Waals surface area contributed by atoms with Crippen LogP contribution in [0.1, 0.15) is 20.7 Å². The normalized spacial score (nSPS) is 10.6. The Kier molecular flexibility index (Phi) is 7.19. The fourth-order valence-electron chi connectivity index (χ4n) is 3.02. The Balaban J connectivity index is 1.35.